The molecule has 1 nitrogen and oxygen atoms in total. The first-order chi connectivity index (χ1) is 7.88. The lowest BCUT2D eigenvalue weighted by Gasteiger charge is -2.14. The first-order valence-electron chi connectivity index (χ1n) is 7.55. The summed E-state index contributed by atoms with van der Waals surface area (Å²) in [6, 6.07) is 0.833. The lowest BCUT2D eigenvalue weighted by atomic mass is 10.0. The van der Waals surface area contributed by atoms with Crippen molar-refractivity contribution in [2.75, 3.05) is 7.05 Å². The fourth-order valence-corrected chi connectivity index (χ4v) is 2.61. The molecular weight excluding hydrogens is 194 g/mol. The molecule has 0 radical (unpaired) electrons. The normalized spacial score (nSPS) is 17.6. The lowest BCUT2D eigenvalue weighted by molar-refractivity contribution is 0.441. The van der Waals surface area contributed by atoms with Gasteiger partial charge in [-0.15, -0.1) is 0 Å². The van der Waals surface area contributed by atoms with E-state index >= 15 is 0 Å². The molecule has 0 aromatic heterocycles. The number of hydrogen-bond donors (Lipinski definition) is 1. The van der Waals surface area contributed by atoms with E-state index in [1.807, 2.05) is 0 Å². The third-order valence-corrected chi connectivity index (χ3v) is 3.93. The largest absolute Gasteiger partial charge is 0.317 e. The van der Waals surface area contributed by atoms with Gasteiger partial charge in [0.2, 0.25) is 0 Å². The van der Waals surface area contributed by atoms with Crippen molar-refractivity contribution in [3.8, 4) is 0 Å². The molecule has 1 saturated carbocycles. The summed E-state index contributed by atoms with van der Waals surface area (Å²) in [5.74, 6) is 1.02. The van der Waals surface area contributed by atoms with Gasteiger partial charge in [-0.2, -0.15) is 0 Å². The maximum absolute atomic E-state index is 3.48. The van der Waals surface area contributed by atoms with Crippen LogP contribution in [0.4, 0.5) is 0 Å². The average Bonchev–Trinajstić information content (AvgIpc) is 3.11. The van der Waals surface area contributed by atoms with Crippen molar-refractivity contribution in [2.45, 2.75) is 83.6 Å². The zero-order valence-corrected chi connectivity index (χ0v) is 11.4. The van der Waals surface area contributed by atoms with Gasteiger partial charge in [-0.25, -0.2) is 0 Å². The van der Waals surface area contributed by atoms with Gasteiger partial charge in [0.1, 0.15) is 0 Å². The fraction of sp³-hybridized carbons (Fsp3) is 1.00. The Balaban J connectivity index is 1.80. The summed E-state index contributed by atoms with van der Waals surface area (Å²) < 4.78 is 0. The molecule has 0 amide bonds. The summed E-state index contributed by atoms with van der Waals surface area (Å²) >= 11 is 0. The summed E-state index contributed by atoms with van der Waals surface area (Å²) in [4.78, 5) is 0. The zero-order chi connectivity index (χ0) is 11.6. The van der Waals surface area contributed by atoms with Crippen LogP contribution < -0.4 is 5.32 Å². The van der Waals surface area contributed by atoms with Crippen LogP contribution in [0.25, 0.3) is 0 Å². The second-order valence-corrected chi connectivity index (χ2v) is 5.50. The summed E-state index contributed by atoms with van der Waals surface area (Å²) in [5, 5.41) is 3.48. The van der Waals surface area contributed by atoms with Gasteiger partial charge in [0, 0.05) is 6.04 Å². The second-order valence-electron chi connectivity index (χ2n) is 5.50. The first kappa shape index (κ1) is 14.0. The van der Waals surface area contributed by atoms with E-state index in [9.17, 15) is 0 Å². The van der Waals surface area contributed by atoms with Crippen LogP contribution in [0, 0.1) is 5.92 Å². The highest BCUT2D eigenvalue weighted by Gasteiger charge is 2.29. The van der Waals surface area contributed by atoms with Crippen molar-refractivity contribution in [3.63, 3.8) is 0 Å². The van der Waals surface area contributed by atoms with Crippen LogP contribution in [0.15, 0.2) is 0 Å². The summed E-state index contributed by atoms with van der Waals surface area (Å²) in [5.41, 5.74) is 0. The van der Waals surface area contributed by atoms with Crippen LogP contribution in [0.3, 0.4) is 0 Å². The highest BCUT2D eigenvalue weighted by molar-refractivity contribution is 4.85. The Kier molecular flexibility index (Phi) is 7.92. The molecule has 1 N–H and O–H groups in total. The van der Waals surface area contributed by atoms with E-state index in [1.54, 1.807) is 0 Å². The number of nitrogens with one attached hydrogen (secondary N) is 1. The Morgan fingerprint density at radius 1 is 0.938 bits per heavy atom. The minimum absolute atomic E-state index is 0.833. The topological polar surface area (TPSA) is 12.0 Å². The molecule has 1 aliphatic rings. The van der Waals surface area contributed by atoms with Gasteiger partial charge in [-0.1, -0.05) is 58.3 Å². The predicted molar refractivity (Wildman–Crippen MR) is 72.8 cm³/mol. The van der Waals surface area contributed by atoms with E-state index in [1.165, 1.54) is 70.6 Å². The molecule has 0 aromatic rings. The summed E-state index contributed by atoms with van der Waals surface area (Å²) in [7, 11) is 2.13. The van der Waals surface area contributed by atoms with Gasteiger partial charge in [0.05, 0.1) is 0 Å². The third kappa shape index (κ3) is 6.52. The maximum atomic E-state index is 3.48. The quantitative estimate of drug-likeness (QED) is 0.510. The van der Waals surface area contributed by atoms with E-state index in [2.05, 4.69) is 19.3 Å². The predicted octanol–water partition coefficient (Wildman–Crippen LogP) is 4.52. The summed E-state index contributed by atoms with van der Waals surface area (Å²) in [6.45, 7) is 2.29. The van der Waals surface area contributed by atoms with Gasteiger partial charge >= 0.3 is 0 Å². The highest BCUT2D eigenvalue weighted by atomic mass is 14.9. The molecule has 1 atom stereocenters. The number of unbranched alkanes of at least 4 members (excludes halogenated alkanes) is 7. The fourth-order valence-electron chi connectivity index (χ4n) is 2.61. The molecule has 0 bridgehead atoms. The first-order valence-corrected chi connectivity index (χ1v) is 7.55. The van der Waals surface area contributed by atoms with Crippen LogP contribution in [-0.4, -0.2) is 13.1 Å². The van der Waals surface area contributed by atoms with Crippen molar-refractivity contribution in [1.29, 1.82) is 0 Å². The monoisotopic (exact) mass is 225 g/mol. The molecular formula is C15H31N. The minimum Gasteiger partial charge on any atom is -0.317 e. The molecule has 1 rings (SSSR count). The standard InChI is InChI=1S/C15H31N/c1-3-4-5-6-7-8-9-10-11-15(16-2)14-12-13-14/h14-16H,3-13H2,1-2H3. The molecule has 0 saturated heterocycles. The average molecular weight is 225 g/mol. The molecule has 0 heterocycles. The van der Waals surface area contributed by atoms with Crippen LogP contribution in [0.5, 0.6) is 0 Å². The van der Waals surface area contributed by atoms with Crippen molar-refractivity contribution in [3.05, 3.63) is 0 Å². The third-order valence-electron chi connectivity index (χ3n) is 3.93. The SMILES string of the molecule is CCCCCCCCCCC(NC)C1CC1. The second kappa shape index (κ2) is 9.04. The summed E-state index contributed by atoms with van der Waals surface area (Å²) in [6.07, 6.45) is 15.9. The zero-order valence-electron chi connectivity index (χ0n) is 11.4. The highest BCUT2D eigenvalue weighted by Crippen LogP contribution is 2.34. The Bertz CT molecular complexity index is 152. The molecule has 0 spiro atoms. The van der Waals surface area contributed by atoms with Gasteiger partial charge in [0.15, 0.2) is 0 Å². The molecule has 1 fully saturated rings. The van der Waals surface area contributed by atoms with Crippen LogP contribution in [0.2, 0.25) is 0 Å². The molecule has 1 heteroatoms. The van der Waals surface area contributed by atoms with Gasteiger partial charge in [-0.3, -0.25) is 0 Å². The van der Waals surface area contributed by atoms with Crippen LogP contribution in [-0.2, 0) is 0 Å². The van der Waals surface area contributed by atoms with E-state index in [0.29, 0.717) is 0 Å². The van der Waals surface area contributed by atoms with Crippen molar-refractivity contribution >= 4 is 0 Å². The van der Waals surface area contributed by atoms with Gasteiger partial charge < -0.3 is 5.32 Å². The smallest absolute Gasteiger partial charge is 0.00923 e. The lowest BCUT2D eigenvalue weighted by Crippen LogP contribution is -2.27. The Hall–Kier alpha value is -0.0400. The van der Waals surface area contributed by atoms with Crippen molar-refractivity contribution in [1.82, 2.24) is 5.32 Å². The van der Waals surface area contributed by atoms with E-state index < -0.39 is 0 Å². The number of hydrogen-bond acceptors (Lipinski definition) is 1. The van der Waals surface area contributed by atoms with E-state index in [4.69, 9.17) is 0 Å². The molecule has 96 valence electrons. The van der Waals surface area contributed by atoms with E-state index in [0.717, 1.165) is 12.0 Å². The molecule has 16 heavy (non-hydrogen) atoms. The Morgan fingerprint density at radius 3 is 2.00 bits per heavy atom. The van der Waals surface area contributed by atoms with Crippen LogP contribution >= 0.6 is 0 Å². The Morgan fingerprint density at radius 2 is 1.50 bits per heavy atom. The minimum atomic E-state index is 0.833. The Labute approximate surface area is 102 Å². The van der Waals surface area contributed by atoms with Gasteiger partial charge in [0.25, 0.3) is 0 Å². The van der Waals surface area contributed by atoms with Crippen LogP contribution in [0.1, 0.15) is 77.6 Å². The molecule has 1 aliphatic carbocycles. The van der Waals surface area contributed by atoms with Crippen molar-refractivity contribution in [2.24, 2.45) is 5.92 Å². The van der Waals surface area contributed by atoms with Gasteiger partial charge in [-0.05, 0) is 32.2 Å². The maximum Gasteiger partial charge on any atom is 0.00923 e. The number of rotatable bonds is 11. The van der Waals surface area contributed by atoms with E-state index in [-0.39, 0.29) is 0 Å². The van der Waals surface area contributed by atoms with Crippen molar-refractivity contribution < 1.29 is 0 Å². The molecule has 1 unspecified atom stereocenters. The molecule has 0 aliphatic heterocycles. The molecule has 0 aromatic carbocycles.